The van der Waals surface area contributed by atoms with Crippen molar-refractivity contribution < 1.29 is 4.42 Å². The molecule has 0 radical (unpaired) electrons. The van der Waals surface area contributed by atoms with Gasteiger partial charge in [-0.15, -0.1) is 0 Å². The van der Waals surface area contributed by atoms with Gasteiger partial charge in [-0.25, -0.2) is 4.99 Å². The molecule has 0 fully saturated rings. The molecule has 4 heteroatoms. The molecule has 2 aromatic rings. The van der Waals surface area contributed by atoms with E-state index in [2.05, 4.69) is 53.7 Å². The molecule has 2 rings (SSSR count). The Labute approximate surface area is 132 Å². The summed E-state index contributed by atoms with van der Waals surface area (Å²) in [6, 6.07) is 12.4. The fourth-order valence-electron chi connectivity index (χ4n) is 2.32. The van der Waals surface area contributed by atoms with E-state index in [9.17, 15) is 0 Å². The number of hydrogen-bond acceptors (Lipinski definition) is 2. The number of nitrogens with zero attached hydrogens (tertiary/aromatic N) is 1. The van der Waals surface area contributed by atoms with Crippen LogP contribution in [0.5, 0.6) is 0 Å². The zero-order valence-electron chi connectivity index (χ0n) is 13.4. The van der Waals surface area contributed by atoms with Gasteiger partial charge in [0.1, 0.15) is 5.76 Å². The van der Waals surface area contributed by atoms with E-state index in [0.29, 0.717) is 6.54 Å². The first-order chi connectivity index (χ1) is 10.8. The van der Waals surface area contributed by atoms with Crippen LogP contribution in [-0.4, -0.2) is 19.0 Å². The van der Waals surface area contributed by atoms with Crippen LogP contribution in [0.3, 0.4) is 0 Å². The summed E-state index contributed by atoms with van der Waals surface area (Å²) in [7, 11) is 0. The number of guanidine groups is 1. The number of benzene rings is 1. The highest BCUT2D eigenvalue weighted by Crippen LogP contribution is 2.10. The minimum Gasteiger partial charge on any atom is -0.469 e. The Kier molecular flexibility index (Phi) is 6.55. The quantitative estimate of drug-likeness (QED) is 0.610. The van der Waals surface area contributed by atoms with Crippen LogP contribution in [0, 0.1) is 0 Å². The van der Waals surface area contributed by atoms with E-state index in [-0.39, 0.29) is 0 Å². The summed E-state index contributed by atoms with van der Waals surface area (Å²) in [4.78, 5) is 4.67. The molecule has 0 aliphatic heterocycles. The van der Waals surface area contributed by atoms with Gasteiger partial charge in [0.05, 0.1) is 12.8 Å². The third-order valence-electron chi connectivity index (χ3n) is 3.49. The van der Waals surface area contributed by atoms with Gasteiger partial charge in [-0.1, -0.05) is 31.2 Å². The molecule has 0 aliphatic rings. The molecule has 4 nitrogen and oxygen atoms in total. The Morgan fingerprint density at radius 1 is 1.05 bits per heavy atom. The van der Waals surface area contributed by atoms with E-state index in [0.717, 1.165) is 37.7 Å². The smallest absolute Gasteiger partial charge is 0.191 e. The van der Waals surface area contributed by atoms with Crippen LogP contribution >= 0.6 is 0 Å². The van der Waals surface area contributed by atoms with Crippen molar-refractivity contribution >= 4 is 5.96 Å². The van der Waals surface area contributed by atoms with Gasteiger partial charge in [0.15, 0.2) is 5.96 Å². The van der Waals surface area contributed by atoms with Crippen molar-refractivity contribution in [3.8, 4) is 0 Å². The summed E-state index contributed by atoms with van der Waals surface area (Å²) < 4.78 is 5.33. The van der Waals surface area contributed by atoms with E-state index in [1.165, 1.54) is 11.1 Å². The average molecular weight is 299 g/mol. The van der Waals surface area contributed by atoms with Crippen molar-refractivity contribution in [2.24, 2.45) is 4.99 Å². The molecule has 1 heterocycles. The number of nitrogens with one attached hydrogen (secondary N) is 2. The monoisotopic (exact) mass is 299 g/mol. The second kappa shape index (κ2) is 8.93. The van der Waals surface area contributed by atoms with Crippen molar-refractivity contribution in [1.82, 2.24) is 10.6 Å². The van der Waals surface area contributed by atoms with Crippen molar-refractivity contribution in [1.29, 1.82) is 0 Å². The van der Waals surface area contributed by atoms with Crippen LogP contribution in [0.25, 0.3) is 0 Å². The third kappa shape index (κ3) is 4.95. The van der Waals surface area contributed by atoms with Crippen LogP contribution in [-0.2, 0) is 19.4 Å². The Hall–Kier alpha value is -2.23. The number of hydrogen-bond donors (Lipinski definition) is 2. The minimum absolute atomic E-state index is 0.695. The van der Waals surface area contributed by atoms with Crippen LogP contribution in [0.2, 0.25) is 0 Å². The Morgan fingerprint density at radius 3 is 2.55 bits per heavy atom. The SMILES string of the molecule is CCNC(=NCc1ccccc1CC)NCCc1ccco1. The summed E-state index contributed by atoms with van der Waals surface area (Å²) >= 11 is 0. The number of aliphatic imine (C=N–C) groups is 1. The highest BCUT2D eigenvalue weighted by atomic mass is 16.3. The van der Waals surface area contributed by atoms with Gasteiger partial charge >= 0.3 is 0 Å². The maximum absolute atomic E-state index is 5.33. The summed E-state index contributed by atoms with van der Waals surface area (Å²) in [5.74, 6) is 1.83. The van der Waals surface area contributed by atoms with E-state index < -0.39 is 0 Å². The molecule has 2 N–H and O–H groups in total. The van der Waals surface area contributed by atoms with Crippen molar-refractivity contribution in [3.05, 3.63) is 59.5 Å². The highest BCUT2D eigenvalue weighted by molar-refractivity contribution is 5.79. The lowest BCUT2D eigenvalue weighted by atomic mass is 10.1. The van der Waals surface area contributed by atoms with Gasteiger partial charge in [-0.2, -0.15) is 0 Å². The second-order valence-corrected chi connectivity index (χ2v) is 5.07. The van der Waals surface area contributed by atoms with Crippen molar-refractivity contribution in [2.45, 2.75) is 33.2 Å². The van der Waals surface area contributed by atoms with Crippen molar-refractivity contribution in [3.63, 3.8) is 0 Å². The summed E-state index contributed by atoms with van der Waals surface area (Å²) in [6.07, 6.45) is 3.59. The summed E-state index contributed by atoms with van der Waals surface area (Å²) in [6.45, 7) is 6.59. The lowest BCUT2D eigenvalue weighted by Crippen LogP contribution is -2.38. The van der Waals surface area contributed by atoms with E-state index in [4.69, 9.17) is 4.42 Å². The largest absolute Gasteiger partial charge is 0.469 e. The average Bonchev–Trinajstić information content (AvgIpc) is 3.06. The standard InChI is InChI=1S/C18H25N3O/c1-3-15-8-5-6-9-16(15)14-21-18(19-4-2)20-12-11-17-10-7-13-22-17/h5-10,13H,3-4,11-12,14H2,1-2H3,(H2,19,20,21). The Balaban J connectivity index is 1.91. The van der Waals surface area contributed by atoms with Gasteiger partial charge in [0.2, 0.25) is 0 Å². The molecule has 0 spiro atoms. The lowest BCUT2D eigenvalue weighted by molar-refractivity contribution is 0.507. The Morgan fingerprint density at radius 2 is 1.86 bits per heavy atom. The molecule has 0 unspecified atom stereocenters. The van der Waals surface area contributed by atoms with Gasteiger partial charge in [0, 0.05) is 19.5 Å². The second-order valence-electron chi connectivity index (χ2n) is 5.07. The minimum atomic E-state index is 0.695. The maximum Gasteiger partial charge on any atom is 0.191 e. The molecule has 0 aliphatic carbocycles. The first-order valence-electron chi connectivity index (χ1n) is 7.94. The lowest BCUT2D eigenvalue weighted by Gasteiger charge is -2.11. The number of rotatable bonds is 7. The fourth-order valence-corrected chi connectivity index (χ4v) is 2.32. The molecule has 0 atom stereocenters. The van der Waals surface area contributed by atoms with Gasteiger partial charge in [0.25, 0.3) is 0 Å². The molecular formula is C18H25N3O. The normalized spacial score (nSPS) is 11.5. The molecule has 118 valence electrons. The molecule has 0 bridgehead atoms. The maximum atomic E-state index is 5.33. The Bertz CT molecular complexity index is 576. The molecule has 0 amide bonds. The highest BCUT2D eigenvalue weighted by Gasteiger charge is 2.02. The molecule has 22 heavy (non-hydrogen) atoms. The topological polar surface area (TPSA) is 49.6 Å². The van der Waals surface area contributed by atoms with Crippen LogP contribution in [0.15, 0.2) is 52.1 Å². The summed E-state index contributed by atoms with van der Waals surface area (Å²) in [5.41, 5.74) is 2.64. The third-order valence-corrected chi connectivity index (χ3v) is 3.49. The zero-order chi connectivity index (χ0) is 15.6. The van der Waals surface area contributed by atoms with Crippen LogP contribution in [0.1, 0.15) is 30.7 Å². The van der Waals surface area contributed by atoms with Crippen LogP contribution in [0.4, 0.5) is 0 Å². The van der Waals surface area contributed by atoms with Gasteiger partial charge in [-0.05, 0) is 36.6 Å². The van der Waals surface area contributed by atoms with Gasteiger partial charge in [-0.3, -0.25) is 0 Å². The van der Waals surface area contributed by atoms with E-state index in [1.54, 1.807) is 6.26 Å². The zero-order valence-corrected chi connectivity index (χ0v) is 13.4. The van der Waals surface area contributed by atoms with Crippen molar-refractivity contribution in [2.75, 3.05) is 13.1 Å². The van der Waals surface area contributed by atoms with E-state index >= 15 is 0 Å². The first kappa shape index (κ1) is 16.1. The predicted molar refractivity (Wildman–Crippen MR) is 91.1 cm³/mol. The molecular weight excluding hydrogens is 274 g/mol. The number of aryl methyl sites for hydroxylation is 1. The summed E-state index contributed by atoms with van der Waals surface area (Å²) in [5, 5.41) is 6.62. The number of furan rings is 1. The molecule has 1 aromatic carbocycles. The fraction of sp³-hybridized carbons (Fsp3) is 0.389. The van der Waals surface area contributed by atoms with Crippen LogP contribution < -0.4 is 10.6 Å². The first-order valence-corrected chi connectivity index (χ1v) is 7.94. The van der Waals surface area contributed by atoms with E-state index in [1.807, 2.05) is 12.1 Å². The molecule has 1 aromatic heterocycles. The van der Waals surface area contributed by atoms with Gasteiger partial charge < -0.3 is 15.1 Å². The predicted octanol–water partition coefficient (Wildman–Crippen LogP) is 3.14. The molecule has 0 saturated heterocycles. The molecule has 0 saturated carbocycles.